The molecule has 0 aliphatic carbocycles. The monoisotopic (exact) mass is 192 g/mol. The third kappa shape index (κ3) is 2.17. The van der Waals surface area contributed by atoms with Crippen LogP contribution in [0, 0.1) is 17.7 Å². The van der Waals surface area contributed by atoms with Crippen LogP contribution in [0.4, 0.5) is 4.39 Å². The summed E-state index contributed by atoms with van der Waals surface area (Å²) in [6, 6.07) is 3.30. The number of halogens is 1. The fraction of sp³-hybridized carbons (Fsp3) is 0. The van der Waals surface area contributed by atoms with Crippen molar-refractivity contribution in [3.8, 4) is 11.8 Å². The van der Waals surface area contributed by atoms with Crippen LogP contribution in [0.2, 0.25) is 0 Å². The van der Waals surface area contributed by atoms with E-state index in [4.69, 9.17) is 5.11 Å². The van der Waals surface area contributed by atoms with Gasteiger partial charge in [-0.25, -0.2) is 9.18 Å². The van der Waals surface area contributed by atoms with Gasteiger partial charge < -0.3 is 5.11 Å². The van der Waals surface area contributed by atoms with E-state index in [1.165, 1.54) is 12.1 Å². The van der Waals surface area contributed by atoms with Gasteiger partial charge in [0.2, 0.25) is 0 Å². The lowest BCUT2D eigenvalue weighted by Gasteiger charge is -1.96. The summed E-state index contributed by atoms with van der Waals surface area (Å²) in [4.78, 5) is 20.3. The lowest BCUT2D eigenvalue weighted by Crippen LogP contribution is -1.97. The van der Waals surface area contributed by atoms with Crippen molar-refractivity contribution in [2.75, 3.05) is 0 Å². The van der Waals surface area contributed by atoms with Gasteiger partial charge in [-0.15, -0.1) is 0 Å². The van der Waals surface area contributed by atoms with E-state index in [0.717, 1.165) is 6.07 Å². The number of carboxylic acids is 1. The highest BCUT2D eigenvalue weighted by Gasteiger charge is 2.06. The maximum Gasteiger partial charge on any atom is 0.335 e. The molecule has 0 aliphatic rings. The molecule has 1 aromatic rings. The third-order valence-electron chi connectivity index (χ3n) is 1.48. The molecule has 4 heteroatoms. The van der Waals surface area contributed by atoms with Crippen molar-refractivity contribution in [1.29, 1.82) is 0 Å². The van der Waals surface area contributed by atoms with Gasteiger partial charge in [-0.1, -0.05) is 5.92 Å². The second-order valence-electron chi connectivity index (χ2n) is 2.39. The molecule has 0 aliphatic heterocycles. The van der Waals surface area contributed by atoms with Crippen LogP contribution < -0.4 is 0 Å². The van der Waals surface area contributed by atoms with Crippen molar-refractivity contribution in [3.05, 3.63) is 35.1 Å². The number of hydrogen-bond acceptors (Lipinski definition) is 2. The summed E-state index contributed by atoms with van der Waals surface area (Å²) < 4.78 is 13.1. The van der Waals surface area contributed by atoms with E-state index >= 15 is 0 Å². The molecule has 0 radical (unpaired) electrons. The minimum Gasteiger partial charge on any atom is -0.478 e. The molecule has 1 aromatic carbocycles. The minimum atomic E-state index is -1.21. The molecular weight excluding hydrogens is 187 g/mol. The van der Waals surface area contributed by atoms with Crippen LogP contribution in [0.5, 0.6) is 0 Å². The average molecular weight is 192 g/mol. The molecule has 3 nitrogen and oxygen atoms in total. The summed E-state index contributed by atoms with van der Waals surface area (Å²) in [5.74, 6) is 2.32. The number of benzene rings is 1. The molecule has 0 saturated carbocycles. The van der Waals surface area contributed by atoms with Crippen LogP contribution in [0.15, 0.2) is 18.2 Å². The first-order valence-electron chi connectivity index (χ1n) is 3.63. The quantitative estimate of drug-likeness (QED) is 0.535. The summed E-state index contributed by atoms with van der Waals surface area (Å²) in [7, 11) is 0. The zero-order valence-corrected chi connectivity index (χ0v) is 6.95. The average Bonchev–Trinajstić information content (AvgIpc) is 2.15. The van der Waals surface area contributed by atoms with Crippen molar-refractivity contribution in [3.63, 3.8) is 0 Å². The van der Waals surface area contributed by atoms with Crippen LogP contribution in [0.3, 0.4) is 0 Å². The number of carbonyl (C=O) groups is 2. The Hall–Kier alpha value is -2.15. The molecule has 70 valence electrons. The highest BCUT2D eigenvalue weighted by Crippen LogP contribution is 2.09. The van der Waals surface area contributed by atoms with Gasteiger partial charge in [0.25, 0.3) is 0 Å². The zero-order chi connectivity index (χ0) is 10.6. The number of aromatic carboxylic acids is 1. The van der Waals surface area contributed by atoms with Gasteiger partial charge in [0.05, 0.1) is 11.1 Å². The molecule has 0 saturated heterocycles. The summed E-state index contributed by atoms with van der Waals surface area (Å²) in [6.45, 7) is 0. The van der Waals surface area contributed by atoms with Crippen molar-refractivity contribution in [2.45, 2.75) is 0 Å². The minimum absolute atomic E-state index is 0.00194. The molecule has 0 amide bonds. The molecule has 0 fully saturated rings. The van der Waals surface area contributed by atoms with E-state index in [1.54, 1.807) is 0 Å². The van der Waals surface area contributed by atoms with Crippen LogP contribution in [0.1, 0.15) is 15.9 Å². The van der Waals surface area contributed by atoms with Crippen LogP contribution in [-0.2, 0) is 4.79 Å². The Morgan fingerprint density at radius 3 is 2.71 bits per heavy atom. The predicted molar refractivity (Wildman–Crippen MR) is 46.3 cm³/mol. The normalized spacial score (nSPS) is 8.64. The fourth-order valence-electron chi connectivity index (χ4n) is 0.857. The van der Waals surface area contributed by atoms with E-state index in [2.05, 4.69) is 5.92 Å². The molecule has 14 heavy (non-hydrogen) atoms. The first-order valence-corrected chi connectivity index (χ1v) is 3.63. The van der Waals surface area contributed by atoms with Gasteiger partial charge in [-0.2, -0.15) is 0 Å². The highest BCUT2D eigenvalue weighted by molar-refractivity contribution is 5.87. The van der Waals surface area contributed by atoms with E-state index < -0.39 is 11.8 Å². The molecule has 0 unspecified atom stereocenters. The highest BCUT2D eigenvalue weighted by atomic mass is 19.1. The summed E-state index contributed by atoms with van der Waals surface area (Å²) in [5.41, 5.74) is -0.152. The van der Waals surface area contributed by atoms with Gasteiger partial charge in [0.15, 0.2) is 6.29 Å². The molecule has 0 aromatic heterocycles. The lowest BCUT2D eigenvalue weighted by molar-refractivity contribution is -0.103. The van der Waals surface area contributed by atoms with Crippen molar-refractivity contribution in [2.24, 2.45) is 0 Å². The zero-order valence-electron chi connectivity index (χ0n) is 6.95. The van der Waals surface area contributed by atoms with Crippen molar-refractivity contribution in [1.82, 2.24) is 0 Å². The summed E-state index contributed by atoms with van der Waals surface area (Å²) >= 11 is 0. The maximum absolute atomic E-state index is 13.1. The van der Waals surface area contributed by atoms with Crippen molar-refractivity contribution < 1.29 is 19.1 Å². The molecule has 1 rings (SSSR count). The second-order valence-corrected chi connectivity index (χ2v) is 2.39. The number of carbonyl (C=O) groups excluding carboxylic acids is 1. The van der Waals surface area contributed by atoms with Gasteiger partial charge >= 0.3 is 5.97 Å². The fourth-order valence-corrected chi connectivity index (χ4v) is 0.857. The van der Waals surface area contributed by atoms with E-state index in [1.807, 2.05) is 5.92 Å². The standard InChI is InChI=1S/C10H5FO3/c11-9-6-8(10(13)14)4-3-7(9)2-1-5-12/h3-6H,(H,13,14). The number of hydrogen-bond donors (Lipinski definition) is 1. The Morgan fingerprint density at radius 1 is 1.50 bits per heavy atom. The maximum atomic E-state index is 13.1. The van der Waals surface area contributed by atoms with Crippen molar-refractivity contribution >= 4 is 12.3 Å². The number of rotatable bonds is 1. The first kappa shape index (κ1) is 9.93. The summed E-state index contributed by atoms with van der Waals surface area (Å²) in [5, 5.41) is 8.52. The smallest absolute Gasteiger partial charge is 0.335 e. The molecule has 1 N–H and O–H groups in total. The lowest BCUT2D eigenvalue weighted by atomic mass is 10.1. The molecule has 0 atom stereocenters. The van der Waals surface area contributed by atoms with Crippen LogP contribution >= 0.6 is 0 Å². The Morgan fingerprint density at radius 2 is 2.21 bits per heavy atom. The molecule has 0 bridgehead atoms. The van der Waals surface area contributed by atoms with Crippen LogP contribution in [0.25, 0.3) is 0 Å². The van der Waals surface area contributed by atoms with Gasteiger partial charge in [-0.3, -0.25) is 4.79 Å². The molecule has 0 heterocycles. The van der Waals surface area contributed by atoms with Gasteiger partial charge in [0, 0.05) is 0 Å². The van der Waals surface area contributed by atoms with Gasteiger partial charge in [0.1, 0.15) is 5.82 Å². The number of aldehydes is 1. The Kier molecular flexibility index (Phi) is 2.97. The summed E-state index contributed by atoms with van der Waals surface area (Å²) in [6.07, 6.45) is 0.338. The van der Waals surface area contributed by atoms with E-state index in [-0.39, 0.29) is 11.1 Å². The topological polar surface area (TPSA) is 54.4 Å². The van der Waals surface area contributed by atoms with E-state index in [0.29, 0.717) is 6.29 Å². The Labute approximate surface area is 79.2 Å². The predicted octanol–water partition coefficient (Wildman–Crippen LogP) is 1.07. The Balaban J connectivity index is 3.13. The third-order valence-corrected chi connectivity index (χ3v) is 1.48. The van der Waals surface area contributed by atoms with Gasteiger partial charge in [-0.05, 0) is 24.1 Å². The molecule has 0 spiro atoms. The second kappa shape index (κ2) is 4.19. The molecular formula is C10H5FO3. The SMILES string of the molecule is O=CC#Cc1ccc(C(=O)O)cc1F. The Bertz CT molecular complexity index is 440. The largest absolute Gasteiger partial charge is 0.478 e. The van der Waals surface area contributed by atoms with Crippen LogP contribution in [-0.4, -0.2) is 17.4 Å². The number of carboxylic acid groups (broad SMARTS) is 1. The van der Waals surface area contributed by atoms with E-state index in [9.17, 15) is 14.0 Å². The first-order chi connectivity index (χ1) is 6.65.